The number of nitrogens with one attached hydrogen (secondary N) is 1. The van der Waals surface area contributed by atoms with Crippen LogP contribution in [0.5, 0.6) is 0 Å². The minimum atomic E-state index is -0.677. The van der Waals surface area contributed by atoms with Gasteiger partial charge in [0.15, 0.2) is 6.61 Å². The first kappa shape index (κ1) is 17.7. The number of carbonyl (C=O) groups excluding carboxylic acids is 3. The van der Waals surface area contributed by atoms with Crippen molar-refractivity contribution in [2.75, 3.05) is 13.2 Å². The number of rotatable bonds is 6. The van der Waals surface area contributed by atoms with Crippen molar-refractivity contribution in [3.8, 4) is 0 Å². The molecule has 0 aromatic heterocycles. The fourth-order valence-corrected chi connectivity index (χ4v) is 2.91. The number of ether oxygens (including phenoxy) is 1. The lowest BCUT2D eigenvalue weighted by Crippen LogP contribution is -2.40. The maximum Gasteiger partial charge on any atom is 0.417 e. The van der Waals surface area contributed by atoms with Crippen LogP contribution >= 0.6 is 0 Å². The molecule has 1 aliphatic heterocycles. The van der Waals surface area contributed by atoms with Crippen LogP contribution in [0.1, 0.15) is 22.7 Å². The van der Waals surface area contributed by atoms with Gasteiger partial charge in [-0.3, -0.25) is 9.59 Å². The fraction of sp³-hybridized carbons (Fsp3) is 0.250. The first-order valence-corrected chi connectivity index (χ1v) is 8.40. The average molecular weight is 352 g/mol. The summed E-state index contributed by atoms with van der Waals surface area (Å²) in [6.45, 7) is 1.76. The van der Waals surface area contributed by atoms with Gasteiger partial charge in [0.2, 0.25) is 5.91 Å². The van der Waals surface area contributed by atoms with Crippen molar-refractivity contribution in [3.05, 3.63) is 71.3 Å². The van der Waals surface area contributed by atoms with E-state index < -0.39 is 18.0 Å². The largest absolute Gasteiger partial charge is 0.439 e. The minimum absolute atomic E-state index is 0.0429. The van der Waals surface area contributed by atoms with E-state index in [1.807, 2.05) is 61.5 Å². The standard InChI is InChI=1S/C20H20N2O4/c1-14-6-5-7-15(10-14)11-18(23)21-17(16-8-3-2-4-9-16)12-22-19(24)13-26-20(22)25/h2-10,17H,11-13H2,1H3,(H,21,23). The maximum atomic E-state index is 12.5. The SMILES string of the molecule is Cc1cccc(CC(=O)NC(CN2C(=O)COC2=O)c2ccccc2)c1. The predicted molar refractivity (Wildman–Crippen MR) is 95.3 cm³/mol. The molecule has 26 heavy (non-hydrogen) atoms. The van der Waals surface area contributed by atoms with E-state index in [4.69, 9.17) is 4.74 Å². The van der Waals surface area contributed by atoms with E-state index in [1.165, 1.54) is 0 Å². The third-order valence-corrected chi connectivity index (χ3v) is 4.19. The van der Waals surface area contributed by atoms with Crippen LogP contribution < -0.4 is 5.32 Å². The molecule has 1 fully saturated rings. The topological polar surface area (TPSA) is 75.7 Å². The molecule has 2 aromatic carbocycles. The molecule has 6 nitrogen and oxygen atoms in total. The van der Waals surface area contributed by atoms with Gasteiger partial charge in [-0.15, -0.1) is 0 Å². The molecular weight excluding hydrogens is 332 g/mol. The van der Waals surface area contributed by atoms with Gasteiger partial charge in [-0.25, -0.2) is 9.69 Å². The monoisotopic (exact) mass is 352 g/mol. The summed E-state index contributed by atoms with van der Waals surface area (Å²) >= 11 is 0. The van der Waals surface area contributed by atoms with Crippen LogP contribution in [-0.2, 0) is 20.7 Å². The molecule has 0 spiro atoms. The van der Waals surface area contributed by atoms with Crippen molar-refractivity contribution in [2.45, 2.75) is 19.4 Å². The lowest BCUT2D eigenvalue weighted by atomic mass is 10.0. The Morgan fingerprint density at radius 2 is 1.92 bits per heavy atom. The van der Waals surface area contributed by atoms with Gasteiger partial charge in [-0.2, -0.15) is 0 Å². The highest BCUT2D eigenvalue weighted by Gasteiger charge is 2.33. The lowest BCUT2D eigenvalue weighted by molar-refractivity contribution is -0.127. The van der Waals surface area contributed by atoms with Gasteiger partial charge in [0, 0.05) is 0 Å². The van der Waals surface area contributed by atoms with Gasteiger partial charge in [0.1, 0.15) is 0 Å². The highest BCUT2D eigenvalue weighted by Crippen LogP contribution is 2.18. The maximum absolute atomic E-state index is 12.5. The summed E-state index contributed by atoms with van der Waals surface area (Å²) in [7, 11) is 0. The highest BCUT2D eigenvalue weighted by molar-refractivity contribution is 5.97. The second-order valence-electron chi connectivity index (χ2n) is 6.26. The molecule has 134 valence electrons. The molecule has 2 aromatic rings. The third kappa shape index (κ3) is 4.27. The van der Waals surface area contributed by atoms with Crippen molar-refractivity contribution in [3.63, 3.8) is 0 Å². The van der Waals surface area contributed by atoms with Crippen molar-refractivity contribution >= 4 is 17.9 Å². The zero-order valence-electron chi connectivity index (χ0n) is 14.5. The smallest absolute Gasteiger partial charge is 0.417 e. The van der Waals surface area contributed by atoms with Crippen LogP contribution in [0.15, 0.2) is 54.6 Å². The normalized spacial score (nSPS) is 14.9. The van der Waals surface area contributed by atoms with Crippen LogP contribution in [-0.4, -0.2) is 36.0 Å². The predicted octanol–water partition coefficient (Wildman–Crippen LogP) is 2.37. The number of hydrogen-bond donors (Lipinski definition) is 1. The number of aryl methyl sites for hydroxylation is 1. The number of carbonyl (C=O) groups is 3. The van der Waals surface area contributed by atoms with Crippen LogP contribution in [0, 0.1) is 6.92 Å². The first-order valence-electron chi connectivity index (χ1n) is 8.40. The summed E-state index contributed by atoms with van der Waals surface area (Å²) in [6, 6.07) is 16.5. The summed E-state index contributed by atoms with van der Waals surface area (Å²) in [5.74, 6) is -0.576. The molecule has 1 unspecified atom stereocenters. The molecule has 3 amide bonds. The molecular formula is C20H20N2O4. The second-order valence-corrected chi connectivity index (χ2v) is 6.26. The fourth-order valence-electron chi connectivity index (χ4n) is 2.91. The Kier molecular flexibility index (Phi) is 5.31. The van der Waals surface area contributed by atoms with E-state index in [9.17, 15) is 14.4 Å². The quantitative estimate of drug-likeness (QED) is 0.866. The third-order valence-electron chi connectivity index (χ3n) is 4.19. The Morgan fingerprint density at radius 1 is 1.15 bits per heavy atom. The Bertz CT molecular complexity index is 804. The molecule has 0 bridgehead atoms. The van der Waals surface area contributed by atoms with Gasteiger partial charge in [0.05, 0.1) is 19.0 Å². The number of cyclic esters (lactones) is 1. The van der Waals surface area contributed by atoms with Crippen molar-refractivity contribution in [2.24, 2.45) is 0 Å². The number of hydrogen-bond acceptors (Lipinski definition) is 4. The van der Waals surface area contributed by atoms with Gasteiger partial charge in [0.25, 0.3) is 5.91 Å². The van der Waals surface area contributed by atoms with E-state index in [2.05, 4.69) is 5.32 Å². The summed E-state index contributed by atoms with van der Waals surface area (Å²) in [6.07, 6.45) is -0.451. The molecule has 6 heteroatoms. The van der Waals surface area contributed by atoms with E-state index >= 15 is 0 Å². The van der Waals surface area contributed by atoms with Gasteiger partial charge in [-0.05, 0) is 18.1 Å². The zero-order chi connectivity index (χ0) is 18.5. The number of imide groups is 1. The number of amides is 3. The summed E-state index contributed by atoms with van der Waals surface area (Å²) in [5, 5.41) is 2.93. The first-order chi connectivity index (χ1) is 12.5. The lowest BCUT2D eigenvalue weighted by Gasteiger charge is -2.23. The van der Waals surface area contributed by atoms with Gasteiger partial charge >= 0.3 is 6.09 Å². The Balaban J connectivity index is 1.74. The van der Waals surface area contributed by atoms with Crippen molar-refractivity contribution in [1.29, 1.82) is 0 Å². The Morgan fingerprint density at radius 3 is 2.58 bits per heavy atom. The minimum Gasteiger partial charge on any atom is -0.439 e. The molecule has 1 atom stereocenters. The molecule has 1 N–H and O–H groups in total. The molecule has 0 saturated carbocycles. The van der Waals surface area contributed by atoms with Crippen LogP contribution in [0.2, 0.25) is 0 Å². The van der Waals surface area contributed by atoms with Crippen LogP contribution in [0.25, 0.3) is 0 Å². The molecule has 1 saturated heterocycles. The van der Waals surface area contributed by atoms with Crippen LogP contribution in [0.3, 0.4) is 0 Å². The van der Waals surface area contributed by atoms with E-state index in [0.29, 0.717) is 0 Å². The van der Waals surface area contributed by atoms with Gasteiger partial charge < -0.3 is 10.1 Å². The average Bonchev–Trinajstić information content (AvgIpc) is 2.94. The summed E-state index contributed by atoms with van der Waals surface area (Å²) in [5.41, 5.74) is 2.81. The summed E-state index contributed by atoms with van der Waals surface area (Å²) < 4.78 is 4.75. The molecule has 1 heterocycles. The molecule has 0 radical (unpaired) electrons. The number of benzene rings is 2. The van der Waals surface area contributed by atoms with Crippen molar-refractivity contribution < 1.29 is 19.1 Å². The highest BCUT2D eigenvalue weighted by atomic mass is 16.6. The molecule has 1 aliphatic rings. The van der Waals surface area contributed by atoms with Gasteiger partial charge in [-0.1, -0.05) is 60.2 Å². The Hall–Kier alpha value is -3.15. The van der Waals surface area contributed by atoms with E-state index in [1.54, 1.807) is 0 Å². The zero-order valence-corrected chi connectivity index (χ0v) is 14.5. The van der Waals surface area contributed by atoms with E-state index in [0.717, 1.165) is 21.6 Å². The molecule has 3 rings (SSSR count). The summed E-state index contributed by atoms with van der Waals surface area (Å²) in [4.78, 5) is 37.1. The van der Waals surface area contributed by atoms with Crippen molar-refractivity contribution in [1.82, 2.24) is 10.2 Å². The van der Waals surface area contributed by atoms with E-state index in [-0.39, 0.29) is 25.5 Å². The number of nitrogens with zero attached hydrogens (tertiary/aromatic N) is 1. The van der Waals surface area contributed by atoms with Crippen LogP contribution in [0.4, 0.5) is 4.79 Å². The molecule has 0 aliphatic carbocycles. The second kappa shape index (κ2) is 7.82. The Labute approximate surface area is 151 Å².